The Morgan fingerprint density at radius 1 is 1.36 bits per heavy atom. The molecule has 0 spiro atoms. The number of hydrogen-bond acceptors (Lipinski definition) is 2. The van der Waals surface area contributed by atoms with E-state index in [2.05, 4.69) is 0 Å². The molecular formula is C8H7Cl2F2NO. The summed E-state index contributed by atoms with van der Waals surface area (Å²) in [6, 6.07) is 2.76. The molecular weight excluding hydrogens is 235 g/mol. The maximum Gasteiger partial charge on any atom is 0.272 e. The topological polar surface area (TPSA) is 35.2 Å². The van der Waals surface area contributed by atoms with Gasteiger partial charge < -0.3 is 10.5 Å². The summed E-state index contributed by atoms with van der Waals surface area (Å²) in [5.41, 5.74) is 5.61. The fourth-order valence-corrected chi connectivity index (χ4v) is 1.44. The number of rotatable bonds is 3. The zero-order valence-electron chi connectivity index (χ0n) is 6.94. The molecule has 0 saturated heterocycles. The lowest BCUT2D eigenvalue weighted by Gasteiger charge is -2.10. The first-order valence-corrected chi connectivity index (χ1v) is 4.41. The van der Waals surface area contributed by atoms with Crippen LogP contribution < -0.4 is 10.5 Å². The first kappa shape index (κ1) is 11.3. The fraction of sp³-hybridized carbons (Fsp3) is 0.250. The molecule has 0 aliphatic carbocycles. The average Bonchev–Trinajstić information content (AvgIpc) is 2.01. The molecule has 2 nitrogen and oxygen atoms in total. The standard InChI is InChI=1S/C8H7Cl2F2NO/c9-4-1-5(10)8(6(13)2-4)14-3-7(11)12/h1-2,7H,3,13H2. The quantitative estimate of drug-likeness (QED) is 0.826. The Morgan fingerprint density at radius 3 is 2.50 bits per heavy atom. The van der Waals surface area contributed by atoms with Crippen molar-refractivity contribution in [3.63, 3.8) is 0 Å². The van der Waals surface area contributed by atoms with Gasteiger partial charge in [0.25, 0.3) is 6.43 Å². The molecule has 1 rings (SSSR count). The third kappa shape index (κ3) is 2.89. The van der Waals surface area contributed by atoms with E-state index in [1.54, 1.807) is 0 Å². The molecule has 0 aliphatic heterocycles. The van der Waals surface area contributed by atoms with Gasteiger partial charge in [-0.2, -0.15) is 0 Å². The normalized spacial score (nSPS) is 10.6. The van der Waals surface area contributed by atoms with Crippen LogP contribution in [0, 0.1) is 0 Å². The molecule has 0 amide bonds. The smallest absolute Gasteiger partial charge is 0.272 e. The number of ether oxygens (including phenoxy) is 1. The second-order valence-electron chi connectivity index (χ2n) is 2.51. The van der Waals surface area contributed by atoms with Gasteiger partial charge >= 0.3 is 0 Å². The van der Waals surface area contributed by atoms with E-state index in [9.17, 15) is 8.78 Å². The van der Waals surface area contributed by atoms with Crippen LogP contribution in [0.5, 0.6) is 5.75 Å². The Labute approximate surface area is 89.6 Å². The predicted octanol–water partition coefficient (Wildman–Crippen LogP) is 3.22. The fourth-order valence-electron chi connectivity index (χ4n) is 0.879. The van der Waals surface area contributed by atoms with E-state index in [0.717, 1.165) is 0 Å². The molecule has 0 aromatic heterocycles. The summed E-state index contributed by atoms with van der Waals surface area (Å²) in [7, 11) is 0. The van der Waals surface area contributed by atoms with Gasteiger partial charge in [-0.3, -0.25) is 0 Å². The van der Waals surface area contributed by atoms with Gasteiger partial charge in [0.2, 0.25) is 0 Å². The van der Waals surface area contributed by atoms with Crippen molar-refractivity contribution < 1.29 is 13.5 Å². The summed E-state index contributed by atoms with van der Waals surface area (Å²) < 4.78 is 28.4. The molecule has 6 heteroatoms. The van der Waals surface area contributed by atoms with Crippen LogP contribution in [0.25, 0.3) is 0 Å². The molecule has 0 aliphatic rings. The van der Waals surface area contributed by atoms with Gasteiger partial charge in [0.1, 0.15) is 6.61 Å². The first-order valence-electron chi connectivity index (χ1n) is 3.66. The van der Waals surface area contributed by atoms with Gasteiger partial charge in [0.05, 0.1) is 10.7 Å². The predicted molar refractivity (Wildman–Crippen MR) is 52.4 cm³/mol. The second kappa shape index (κ2) is 4.66. The average molecular weight is 242 g/mol. The Bertz CT molecular complexity index is 310. The number of nitrogens with two attached hydrogens (primary N) is 1. The van der Waals surface area contributed by atoms with Crippen molar-refractivity contribution in [3.8, 4) is 5.75 Å². The molecule has 78 valence electrons. The Hall–Kier alpha value is -0.740. The number of anilines is 1. The van der Waals surface area contributed by atoms with Crippen molar-refractivity contribution >= 4 is 28.9 Å². The maximum atomic E-state index is 11.8. The van der Waals surface area contributed by atoms with E-state index >= 15 is 0 Å². The second-order valence-corrected chi connectivity index (χ2v) is 3.35. The lowest BCUT2D eigenvalue weighted by Crippen LogP contribution is -2.08. The zero-order chi connectivity index (χ0) is 10.7. The number of hydrogen-bond donors (Lipinski definition) is 1. The Morgan fingerprint density at radius 2 is 2.00 bits per heavy atom. The van der Waals surface area contributed by atoms with E-state index in [4.69, 9.17) is 33.7 Å². The molecule has 0 saturated carbocycles. The van der Waals surface area contributed by atoms with Crippen molar-refractivity contribution in [1.82, 2.24) is 0 Å². The number of alkyl halides is 2. The van der Waals surface area contributed by atoms with E-state index in [0.29, 0.717) is 5.02 Å². The van der Waals surface area contributed by atoms with Crippen LogP contribution in [-0.2, 0) is 0 Å². The third-order valence-corrected chi connectivity index (χ3v) is 1.89. The molecule has 2 N–H and O–H groups in total. The van der Waals surface area contributed by atoms with Crippen LogP contribution in [0.4, 0.5) is 14.5 Å². The highest BCUT2D eigenvalue weighted by molar-refractivity contribution is 6.36. The molecule has 0 unspecified atom stereocenters. The lowest BCUT2D eigenvalue weighted by molar-refractivity contribution is 0.0823. The minimum atomic E-state index is -2.57. The molecule has 0 bridgehead atoms. The van der Waals surface area contributed by atoms with Gasteiger partial charge in [-0.1, -0.05) is 23.2 Å². The minimum Gasteiger partial charge on any atom is -0.484 e. The van der Waals surface area contributed by atoms with Crippen molar-refractivity contribution in [1.29, 1.82) is 0 Å². The molecule has 0 atom stereocenters. The largest absolute Gasteiger partial charge is 0.484 e. The highest BCUT2D eigenvalue weighted by Crippen LogP contribution is 2.34. The Balaban J connectivity index is 2.86. The van der Waals surface area contributed by atoms with Crippen LogP contribution in [0.1, 0.15) is 0 Å². The summed E-state index contributed by atoms with van der Waals surface area (Å²) in [4.78, 5) is 0. The molecule has 1 aromatic carbocycles. The van der Waals surface area contributed by atoms with Gasteiger partial charge in [0, 0.05) is 5.02 Å². The van der Waals surface area contributed by atoms with E-state index in [1.165, 1.54) is 12.1 Å². The zero-order valence-corrected chi connectivity index (χ0v) is 8.45. The van der Waals surface area contributed by atoms with Crippen LogP contribution in [0.2, 0.25) is 10.0 Å². The first-order chi connectivity index (χ1) is 6.50. The summed E-state index contributed by atoms with van der Waals surface area (Å²) in [5, 5.41) is 0.451. The maximum absolute atomic E-state index is 11.8. The van der Waals surface area contributed by atoms with Crippen LogP contribution in [-0.4, -0.2) is 13.0 Å². The van der Waals surface area contributed by atoms with Crippen molar-refractivity contribution in [2.24, 2.45) is 0 Å². The van der Waals surface area contributed by atoms with E-state index in [1.807, 2.05) is 0 Å². The Kier molecular flexibility index (Phi) is 3.77. The molecule has 0 radical (unpaired) electrons. The highest BCUT2D eigenvalue weighted by Gasteiger charge is 2.11. The number of nitrogen functional groups attached to an aromatic ring is 1. The van der Waals surface area contributed by atoms with E-state index in [-0.39, 0.29) is 16.5 Å². The van der Waals surface area contributed by atoms with Gasteiger partial charge in [-0.15, -0.1) is 0 Å². The summed E-state index contributed by atoms with van der Waals surface area (Å²) >= 11 is 11.3. The van der Waals surface area contributed by atoms with Crippen LogP contribution in [0.15, 0.2) is 12.1 Å². The highest BCUT2D eigenvalue weighted by atomic mass is 35.5. The molecule has 14 heavy (non-hydrogen) atoms. The van der Waals surface area contributed by atoms with Crippen molar-refractivity contribution in [2.75, 3.05) is 12.3 Å². The summed E-state index contributed by atoms with van der Waals surface area (Å²) in [6.07, 6.45) is -2.57. The number of halogens is 4. The van der Waals surface area contributed by atoms with Crippen molar-refractivity contribution in [2.45, 2.75) is 6.43 Å². The monoisotopic (exact) mass is 241 g/mol. The van der Waals surface area contributed by atoms with Gasteiger partial charge in [-0.05, 0) is 12.1 Å². The summed E-state index contributed by atoms with van der Waals surface area (Å²) in [6.45, 7) is -0.744. The SMILES string of the molecule is Nc1cc(Cl)cc(Cl)c1OCC(F)F. The van der Waals surface area contributed by atoms with Gasteiger partial charge in [-0.25, -0.2) is 8.78 Å². The molecule has 1 aromatic rings. The van der Waals surface area contributed by atoms with Gasteiger partial charge in [0.15, 0.2) is 5.75 Å². The van der Waals surface area contributed by atoms with Crippen LogP contribution >= 0.6 is 23.2 Å². The third-order valence-electron chi connectivity index (χ3n) is 1.39. The number of benzene rings is 1. The summed E-state index contributed by atoms with van der Waals surface area (Å²) in [5.74, 6) is 0.0383. The van der Waals surface area contributed by atoms with Crippen LogP contribution in [0.3, 0.4) is 0 Å². The van der Waals surface area contributed by atoms with E-state index < -0.39 is 13.0 Å². The molecule has 0 heterocycles. The minimum absolute atomic E-state index is 0.0383. The lowest BCUT2D eigenvalue weighted by atomic mass is 10.3. The molecule has 0 fully saturated rings. The van der Waals surface area contributed by atoms with Crippen molar-refractivity contribution in [3.05, 3.63) is 22.2 Å².